The molecule has 0 unspecified atom stereocenters. The third-order valence-corrected chi connectivity index (χ3v) is 4.52. The lowest BCUT2D eigenvalue weighted by molar-refractivity contribution is -0.150. The standard InChI is InChI=1S/C15H20BrNO2/c16-13-3-1-2-12(6-13)7-17(14-4-5-14)8-15(9-18)10-19-11-15/h1-3,6,14,18H,4-5,7-11H2. The van der Waals surface area contributed by atoms with E-state index >= 15 is 0 Å². The normalized spacial score (nSPS) is 21.4. The Balaban J connectivity index is 1.67. The van der Waals surface area contributed by atoms with Crippen molar-refractivity contribution in [1.29, 1.82) is 0 Å². The van der Waals surface area contributed by atoms with Crippen LogP contribution in [0.3, 0.4) is 0 Å². The van der Waals surface area contributed by atoms with Crippen LogP contribution in [0, 0.1) is 5.41 Å². The Morgan fingerprint density at radius 1 is 1.37 bits per heavy atom. The summed E-state index contributed by atoms with van der Waals surface area (Å²) in [5.74, 6) is 0. The Hall–Kier alpha value is -0.420. The van der Waals surface area contributed by atoms with Gasteiger partial charge in [-0.05, 0) is 30.5 Å². The Bertz CT molecular complexity index is 438. The summed E-state index contributed by atoms with van der Waals surface area (Å²) in [6, 6.07) is 9.18. The fourth-order valence-electron chi connectivity index (χ4n) is 2.68. The SMILES string of the molecule is OCC1(CN(Cc2cccc(Br)c2)C2CC2)COC1. The molecule has 0 bridgehead atoms. The second-order valence-corrected chi connectivity index (χ2v) is 6.83. The fourth-order valence-corrected chi connectivity index (χ4v) is 3.12. The summed E-state index contributed by atoms with van der Waals surface area (Å²) in [7, 11) is 0. The van der Waals surface area contributed by atoms with Crippen molar-refractivity contribution in [2.45, 2.75) is 25.4 Å². The average Bonchev–Trinajstić information content (AvgIpc) is 3.16. The van der Waals surface area contributed by atoms with Crippen molar-refractivity contribution in [3.63, 3.8) is 0 Å². The summed E-state index contributed by atoms with van der Waals surface area (Å²) >= 11 is 3.53. The van der Waals surface area contributed by atoms with Gasteiger partial charge in [-0.1, -0.05) is 28.1 Å². The summed E-state index contributed by atoms with van der Waals surface area (Å²) in [6.07, 6.45) is 2.58. The molecule has 2 aliphatic rings. The van der Waals surface area contributed by atoms with Gasteiger partial charge in [0.05, 0.1) is 25.2 Å². The smallest absolute Gasteiger partial charge is 0.0579 e. The predicted octanol–water partition coefficient (Wildman–Crippen LogP) is 2.42. The second kappa shape index (κ2) is 5.52. The van der Waals surface area contributed by atoms with Gasteiger partial charge in [0.15, 0.2) is 0 Å². The lowest BCUT2D eigenvalue weighted by Crippen LogP contribution is -2.53. The maximum absolute atomic E-state index is 9.58. The highest BCUT2D eigenvalue weighted by Gasteiger charge is 2.42. The molecule has 1 saturated carbocycles. The largest absolute Gasteiger partial charge is 0.396 e. The van der Waals surface area contributed by atoms with Crippen LogP contribution in [-0.2, 0) is 11.3 Å². The highest BCUT2D eigenvalue weighted by Crippen LogP contribution is 2.35. The molecule has 1 aromatic carbocycles. The van der Waals surface area contributed by atoms with E-state index in [1.165, 1.54) is 18.4 Å². The van der Waals surface area contributed by atoms with E-state index in [2.05, 4.69) is 45.1 Å². The van der Waals surface area contributed by atoms with Crippen LogP contribution in [0.25, 0.3) is 0 Å². The van der Waals surface area contributed by atoms with Gasteiger partial charge in [0.25, 0.3) is 0 Å². The number of aliphatic hydroxyl groups is 1. The quantitative estimate of drug-likeness (QED) is 0.871. The van der Waals surface area contributed by atoms with Crippen molar-refractivity contribution in [1.82, 2.24) is 4.90 Å². The first-order chi connectivity index (χ1) is 9.21. The van der Waals surface area contributed by atoms with Crippen LogP contribution < -0.4 is 0 Å². The van der Waals surface area contributed by atoms with E-state index in [1.54, 1.807) is 0 Å². The summed E-state index contributed by atoms with van der Waals surface area (Å²) < 4.78 is 6.43. The Morgan fingerprint density at radius 2 is 2.16 bits per heavy atom. The molecule has 104 valence electrons. The minimum absolute atomic E-state index is 0.0192. The molecule has 0 amide bonds. The van der Waals surface area contributed by atoms with E-state index in [4.69, 9.17) is 4.74 Å². The molecule has 3 nitrogen and oxygen atoms in total. The zero-order valence-corrected chi connectivity index (χ0v) is 12.6. The molecule has 1 aromatic rings. The van der Waals surface area contributed by atoms with E-state index in [0.29, 0.717) is 19.3 Å². The highest BCUT2D eigenvalue weighted by molar-refractivity contribution is 9.10. The van der Waals surface area contributed by atoms with Crippen LogP contribution in [0.15, 0.2) is 28.7 Å². The highest BCUT2D eigenvalue weighted by atomic mass is 79.9. The minimum atomic E-state index is -0.0192. The van der Waals surface area contributed by atoms with E-state index in [0.717, 1.165) is 17.6 Å². The molecular weight excluding hydrogens is 306 g/mol. The lowest BCUT2D eigenvalue weighted by atomic mass is 9.86. The summed E-state index contributed by atoms with van der Waals surface area (Å²) in [5.41, 5.74) is 1.31. The maximum atomic E-state index is 9.58. The van der Waals surface area contributed by atoms with Crippen molar-refractivity contribution < 1.29 is 9.84 Å². The molecule has 1 heterocycles. The summed E-state index contributed by atoms with van der Waals surface area (Å²) in [6.45, 7) is 3.54. The van der Waals surface area contributed by atoms with E-state index in [-0.39, 0.29) is 12.0 Å². The van der Waals surface area contributed by atoms with Gasteiger partial charge in [-0.25, -0.2) is 0 Å². The number of ether oxygens (including phenoxy) is 1. The molecule has 0 radical (unpaired) electrons. The third kappa shape index (κ3) is 3.19. The van der Waals surface area contributed by atoms with Crippen molar-refractivity contribution in [2.24, 2.45) is 5.41 Å². The van der Waals surface area contributed by atoms with Crippen LogP contribution in [0.4, 0.5) is 0 Å². The zero-order valence-electron chi connectivity index (χ0n) is 11.0. The average molecular weight is 326 g/mol. The number of hydrogen-bond acceptors (Lipinski definition) is 3. The van der Waals surface area contributed by atoms with Crippen molar-refractivity contribution in [2.75, 3.05) is 26.4 Å². The van der Waals surface area contributed by atoms with Crippen LogP contribution >= 0.6 is 15.9 Å². The number of rotatable bonds is 6. The first-order valence-electron chi connectivity index (χ1n) is 6.88. The first-order valence-corrected chi connectivity index (χ1v) is 7.67. The molecule has 1 N–H and O–H groups in total. The monoisotopic (exact) mass is 325 g/mol. The molecule has 19 heavy (non-hydrogen) atoms. The second-order valence-electron chi connectivity index (χ2n) is 5.92. The van der Waals surface area contributed by atoms with Gasteiger partial charge in [0.1, 0.15) is 0 Å². The zero-order chi connectivity index (χ0) is 13.3. The minimum Gasteiger partial charge on any atom is -0.396 e. The van der Waals surface area contributed by atoms with Crippen LogP contribution in [0.1, 0.15) is 18.4 Å². The molecular formula is C15H20BrNO2. The van der Waals surface area contributed by atoms with Crippen molar-refractivity contribution >= 4 is 15.9 Å². The Morgan fingerprint density at radius 3 is 2.68 bits per heavy atom. The van der Waals surface area contributed by atoms with Gasteiger partial charge in [-0.15, -0.1) is 0 Å². The number of nitrogens with zero attached hydrogens (tertiary/aromatic N) is 1. The van der Waals surface area contributed by atoms with Gasteiger partial charge < -0.3 is 9.84 Å². The third-order valence-electron chi connectivity index (χ3n) is 4.03. The summed E-state index contributed by atoms with van der Waals surface area (Å²) in [4.78, 5) is 2.51. The van der Waals surface area contributed by atoms with E-state index in [1.807, 2.05) is 0 Å². The molecule has 3 rings (SSSR count). The van der Waals surface area contributed by atoms with Gasteiger partial charge in [0, 0.05) is 23.6 Å². The number of hydrogen-bond donors (Lipinski definition) is 1. The molecule has 4 heteroatoms. The number of aliphatic hydroxyl groups excluding tert-OH is 1. The molecule has 0 atom stereocenters. The fraction of sp³-hybridized carbons (Fsp3) is 0.600. The molecule has 0 spiro atoms. The van der Waals surface area contributed by atoms with Gasteiger partial charge >= 0.3 is 0 Å². The summed E-state index contributed by atoms with van der Waals surface area (Å²) in [5, 5.41) is 9.58. The predicted molar refractivity (Wildman–Crippen MR) is 77.9 cm³/mol. The Kier molecular flexibility index (Phi) is 3.94. The van der Waals surface area contributed by atoms with Gasteiger partial charge in [-0.2, -0.15) is 0 Å². The van der Waals surface area contributed by atoms with Crippen molar-refractivity contribution in [3.8, 4) is 0 Å². The van der Waals surface area contributed by atoms with E-state index in [9.17, 15) is 5.11 Å². The lowest BCUT2D eigenvalue weighted by Gasteiger charge is -2.43. The van der Waals surface area contributed by atoms with Crippen LogP contribution in [0.2, 0.25) is 0 Å². The number of halogens is 1. The van der Waals surface area contributed by atoms with Gasteiger partial charge in [0.2, 0.25) is 0 Å². The molecule has 1 saturated heterocycles. The Labute approximate surface area is 122 Å². The van der Waals surface area contributed by atoms with Gasteiger partial charge in [-0.3, -0.25) is 4.90 Å². The van der Waals surface area contributed by atoms with Crippen LogP contribution in [0.5, 0.6) is 0 Å². The van der Waals surface area contributed by atoms with Crippen LogP contribution in [-0.4, -0.2) is 42.4 Å². The maximum Gasteiger partial charge on any atom is 0.0579 e. The first kappa shape index (κ1) is 13.6. The van der Waals surface area contributed by atoms with Crippen molar-refractivity contribution in [3.05, 3.63) is 34.3 Å². The molecule has 1 aliphatic heterocycles. The molecule has 1 aliphatic carbocycles. The topological polar surface area (TPSA) is 32.7 Å². The molecule has 0 aromatic heterocycles. The molecule has 2 fully saturated rings. The van der Waals surface area contributed by atoms with E-state index < -0.39 is 0 Å². The number of benzene rings is 1.